The zero-order valence-corrected chi connectivity index (χ0v) is 15.0. The molecular formula is C15H28BrN3O. The van der Waals surface area contributed by atoms with Gasteiger partial charge >= 0.3 is 0 Å². The standard InChI is InChI=1S/C15H28BrN3O/c1-6-13-15(16)14(19(4)18-13)10-12(17-7-2)9-8-11(3)20-5/h11-12,17H,6-10H2,1-5H3. The first-order chi connectivity index (χ1) is 9.53. The van der Waals surface area contributed by atoms with Gasteiger partial charge in [-0.25, -0.2) is 0 Å². The summed E-state index contributed by atoms with van der Waals surface area (Å²) < 4.78 is 8.52. The van der Waals surface area contributed by atoms with Gasteiger partial charge in [-0.15, -0.1) is 0 Å². The van der Waals surface area contributed by atoms with E-state index in [1.165, 1.54) is 10.2 Å². The lowest BCUT2D eigenvalue weighted by atomic mass is 10.0. The summed E-state index contributed by atoms with van der Waals surface area (Å²) in [5, 5.41) is 8.15. The maximum Gasteiger partial charge on any atom is 0.0766 e. The number of likely N-dealkylation sites (N-methyl/N-ethyl adjacent to an activating group) is 1. The summed E-state index contributed by atoms with van der Waals surface area (Å²) in [4.78, 5) is 0. The van der Waals surface area contributed by atoms with Crippen LogP contribution in [0.1, 0.15) is 45.0 Å². The van der Waals surface area contributed by atoms with Crippen LogP contribution in [-0.2, 0) is 24.6 Å². The van der Waals surface area contributed by atoms with Crippen molar-refractivity contribution in [1.29, 1.82) is 0 Å². The van der Waals surface area contributed by atoms with Crippen molar-refractivity contribution in [1.82, 2.24) is 15.1 Å². The molecule has 0 aliphatic rings. The van der Waals surface area contributed by atoms with Gasteiger partial charge in [0.1, 0.15) is 0 Å². The SMILES string of the molecule is CCNC(CCC(C)OC)Cc1c(Br)c(CC)nn1C. The van der Waals surface area contributed by atoms with Gasteiger partial charge in [0.2, 0.25) is 0 Å². The predicted octanol–water partition coefficient (Wildman–Crippen LogP) is 3.08. The summed E-state index contributed by atoms with van der Waals surface area (Å²) in [5.41, 5.74) is 2.42. The van der Waals surface area contributed by atoms with Gasteiger partial charge < -0.3 is 10.1 Å². The molecule has 0 bridgehead atoms. The molecule has 0 saturated heterocycles. The van der Waals surface area contributed by atoms with Crippen LogP contribution in [0.5, 0.6) is 0 Å². The number of aromatic nitrogens is 2. The van der Waals surface area contributed by atoms with Gasteiger partial charge in [0.05, 0.1) is 22.0 Å². The van der Waals surface area contributed by atoms with Crippen LogP contribution in [0.4, 0.5) is 0 Å². The second-order valence-electron chi connectivity index (χ2n) is 5.27. The highest BCUT2D eigenvalue weighted by molar-refractivity contribution is 9.10. The number of rotatable bonds is 9. The highest BCUT2D eigenvalue weighted by Crippen LogP contribution is 2.23. The minimum atomic E-state index is 0.317. The first-order valence-corrected chi connectivity index (χ1v) is 8.29. The first-order valence-electron chi connectivity index (χ1n) is 7.49. The van der Waals surface area contributed by atoms with Gasteiger partial charge in [-0.2, -0.15) is 5.10 Å². The number of nitrogens with one attached hydrogen (secondary N) is 1. The van der Waals surface area contributed by atoms with Crippen LogP contribution >= 0.6 is 15.9 Å². The van der Waals surface area contributed by atoms with Gasteiger partial charge in [-0.3, -0.25) is 4.68 Å². The molecule has 0 spiro atoms. The van der Waals surface area contributed by atoms with E-state index in [1.54, 1.807) is 7.11 Å². The molecular weight excluding hydrogens is 318 g/mol. The molecule has 1 aromatic rings. The van der Waals surface area contributed by atoms with Crippen molar-refractivity contribution in [3.63, 3.8) is 0 Å². The van der Waals surface area contributed by atoms with E-state index < -0.39 is 0 Å². The lowest BCUT2D eigenvalue weighted by Crippen LogP contribution is -2.32. The Labute approximate surface area is 131 Å². The van der Waals surface area contributed by atoms with Crippen LogP contribution in [0.25, 0.3) is 0 Å². The minimum absolute atomic E-state index is 0.317. The van der Waals surface area contributed by atoms with E-state index in [2.05, 4.69) is 47.1 Å². The summed E-state index contributed by atoms with van der Waals surface area (Å²) in [6.07, 6.45) is 4.46. The number of halogens is 1. The second kappa shape index (κ2) is 8.80. The summed E-state index contributed by atoms with van der Waals surface area (Å²) in [6.45, 7) is 7.40. The summed E-state index contributed by atoms with van der Waals surface area (Å²) in [7, 11) is 3.80. The van der Waals surface area contributed by atoms with Crippen molar-refractivity contribution in [3.8, 4) is 0 Å². The Bertz CT molecular complexity index is 406. The molecule has 0 aromatic carbocycles. The van der Waals surface area contributed by atoms with Crippen molar-refractivity contribution in [2.45, 2.75) is 58.6 Å². The zero-order valence-electron chi connectivity index (χ0n) is 13.4. The number of aryl methyl sites for hydroxylation is 2. The van der Waals surface area contributed by atoms with Crippen molar-refractivity contribution < 1.29 is 4.74 Å². The molecule has 116 valence electrons. The number of hydrogen-bond acceptors (Lipinski definition) is 3. The van der Waals surface area contributed by atoms with Crippen LogP contribution in [-0.4, -0.2) is 35.6 Å². The maximum atomic E-state index is 5.34. The highest BCUT2D eigenvalue weighted by atomic mass is 79.9. The molecule has 5 heteroatoms. The minimum Gasteiger partial charge on any atom is -0.382 e. The molecule has 1 aromatic heterocycles. The van der Waals surface area contributed by atoms with Crippen molar-refractivity contribution >= 4 is 15.9 Å². The Morgan fingerprint density at radius 1 is 1.35 bits per heavy atom. The third-order valence-electron chi connectivity index (χ3n) is 3.76. The lowest BCUT2D eigenvalue weighted by Gasteiger charge is -2.20. The van der Waals surface area contributed by atoms with Gasteiger partial charge in [-0.05, 0) is 48.7 Å². The van der Waals surface area contributed by atoms with Crippen LogP contribution in [0, 0.1) is 0 Å². The average molecular weight is 346 g/mol. The molecule has 20 heavy (non-hydrogen) atoms. The number of nitrogens with zero attached hydrogens (tertiary/aromatic N) is 2. The molecule has 1 heterocycles. The van der Waals surface area contributed by atoms with Gasteiger partial charge in [0.15, 0.2) is 0 Å². The van der Waals surface area contributed by atoms with Crippen molar-refractivity contribution in [2.24, 2.45) is 7.05 Å². The van der Waals surface area contributed by atoms with Crippen LogP contribution < -0.4 is 5.32 Å². The quantitative estimate of drug-likeness (QED) is 0.747. The normalized spacial score (nSPS) is 14.5. The van der Waals surface area contributed by atoms with Crippen molar-refractivity contribution in [2.75, 3.05) is 13.7 Å². The van der Waals surface area contributed by atoms with Crippen LogP contribution in [0.2, 0.25) is 0 Å². The summed E-state index contributed by atoms with van der Waals surface area (Å²) in [6, 6.07) is 0.467. The van der Waals surface area contributed by atoms with Gasteiger partial charge in [0, 0.05) is 26.6 Å². The van der Waals surface area contributed by atoms with Crippen LogP contribution in [0.15, 0.2) is 4.47 Å². The highest BCUT2D eigenvalue weighted by Gasteiger charge is 2.17. The Morgan fingerprint density at radius 3 is 2.55 bits per heavy atom. The third-order valence-corrected chi connectivity index (χ3v) is 4.67. The van der Waals surface area contributed by atoms with Gasteiger partial charge in [0.25, 0.3) is 0 Å². The zero-order chi connectivity index (χ0) is 15.1. The second-order valence-corrected chi connectivity index (χ2v) is 6.06. The van der Waals surface area contributed by atoms with E-state index in [0.717, 1.165) is 37.9 Å². The maximum absolute atomic E-state index is 5.34. The average Bonchev–Trinajstić information content (AvgIpc) is 2.71. The number of ether oxygens (including phenoxy) is 1. The molecule has 0 amide bonds. The molecule has 4 nitrogen and oxygen atoms in total. The van der Waals surface area contributed by atoms with E-state index in [4.69, 9.17) is 4.74 Å². The van der Waals surface area contributed by atoms with Crippen LogP contribution in [0.3, 0.4) is 0 Å². The van der Waals surface area contributed by atoms with Crippen molar-refractivity contribution in [3.05, 3.63) is 15.9 Å². The Morgan fingerprint density at radius 2 is 2.05 bits per heavy atom. The fraction of sp³-hybridized carbons (Fsp3) is 0.800. The fourth-order valence-corrected chi connectivity index (χ4v) is 3.17. The monoisotopic (exact) mass is 345 g/mol. The molecule has 0 saturated carbocycles. The topological polar surface area (TPSA) is 39.1 Å². The molecule has 1 rings (SSSR count). The molecule has 2 unspecified atom stereocenters. The third kappa shape index (κ3) is 4.86. The lowest BCUT2D eigenvalue weighted by molar-refractivity contribution is 0.106. The van der Waals surface area contributed by atoms with E-state index in [-0.39, 0.29) is 0 Å². The Kier molecular flexibility index (Phi) is 7.77. The Balaban J connectivity index is 2.72. The molecule has 0 aliphatic heterocycles. The van der Waals surface area contributed by atoms with E-state index in [1.807, 2.05) is 11.7 Å². The van der Waals surface area contributed by atoms with E-state index in [9.17, 15) is 0 Å². The molecule has 0 fully saturated rings. The number of methoxy groups -OCH3 is 1. The first kappa shape index (κ1) is 17.7. The molecule has 1 N–H and O–H groups in total. The fourth-order valence-electron chi connectivity index (χ4n) is 2.39. The van der Waals surface area contributed by atoms with E-state index in [0.29, 0.717) is 12.1 Å². The summed E-state index contributed by atoms with van der Waals surface area (Å²) in [5.74, 6) is 0. The van der Waals surface area contributed by atoms with Gasteiger partial charge in [-0.1, -0.05) is 13.8 Å². The van der Waals surface area contributed by atoms with E-state index >= 15 is 0 Å². The molecule has 2 atom stereocenters. The summed E-state index contributed by atoms with van der Waals surface area (Å²) >= 11 is 3.70. The predicted molar refractivity (Wildman–Crippen MR) is 87.2 cm³/mol. The molecule has 0 aliphatic carbocycles. The smallest absolute Gasteiger partial charge is 0.0766 e. The largest absolute Gasteiger partial charge is 0.382 e. The Hall–Kier alpha value is -0.390. The number of hydrogen-bond donors (Lipinski definition) is 1. The molecule has 0 radical (unpaired) electrons.